The Labute approximate surface area is 81.7 Å². The number of aliphatic hydroxyl groups excluding tert-OH is 1. The molecule has 1 rings (SSSR count). The van der Waals surface area contributed by atoms with E-state index in [1.165, 1.54) is 32.1 Å². The van der Waals surface area contributed by atoms with E-state index in [1.807, 2.05) is 0 Å². The molecule has 0 saturated heterocycles. The lowest BCUT2D eigenvalue weighted by Gasteiger charge is -2.27. The van der Waals surface area contributed by atoms with Crippen molar-refractivity contribution in [2.75, 3.05) is 13.1 Å². The lowest BCUT2D eigenvalue weighted by molar-refractivity contribution is 0.0697. The third kappa shape index (κ3) is 4.10. The summed E-state index contributed by atoms with van der Waals surface area (Å²) >= 11 is 0. The molecule has 1 saturated carbocycles. The maximum atomic E-state index is 9.69. The fourth-order valence-corrected chi connectivity index (χ4v) is 2.02. The molecular formula is C11H23NO. The van der Waals surface area contributed by atoms with Crippen LogP contribution >= 0.6 is 0 Å². The first-order valence-electron chi connectivity index (χ1n) is 5.73. The Morgan fingerprint density at radius 2 is 2.08 bits per heavy atom. The van der Waals surface area contributed by atoms with E-state index in [4.69, 9.17) is 0 Å². The van der Waals surface area contributed by atoms with Gasteiger partial charge in [-0.05, 0) is 31.7 Å². The van der Waals surface area contributed by atoms with Crippen LogP contribution in [0.15, 0.2) is 0 Å². The topological polar surface area (TPSA) is 32.3 Å². The van der Waals surface area contributed by atoms with Gasteiger partial charge in [-0.15, -0.1) is 0 Å². The van der Waals surface area contributed by atoms with Crippen molar-refractivity contribution in [1.82, 2.24) is 5.32 Å². The fourth-order valence-electron chi connectivity index (χ4n) is 2.02. The smallest absolute Gasteiger partial charge is 0.0580 e. The van der Waals surface area contributed by atoms with Gasteiger partial charge in [-0.1, -0.05) is 26.2 Å². The molecule has 78 valence electrons. The second kappa shape index (κ2) is 6.39. The summed E-state index contributed by atoms with van der Waals surface area (Å²) in [5, 5.41) is 13.1. The summed E-state index contributed by atoms with van der Waals surface area (Å²) in [5.41, 5.74) is 0. The van der Waals surface area contributed by atoms with Gasteiger partial charge in [0, 0.05) is 6.54 Å². The Morgan fingerprint density at radius 3 is 2.77 bits per heavy atom. The van der Waals surface area contributed by atoms with Gasteiger partial charge in [0.05, 0.1) is 6.10 Å². The standard InChI is InChI=1S/C11H23NO/c1-2-3-8-12-9-10-6-4-5-7-11(10)13/h10-13H,2-9H2,1H3/t10-,11+/m0/s1. The van der Waals surface area contributed by atoms with E-state index >= 15 is 0 Å². The van der Waals surface area contributed by atoms with Crippen molar-refractivity contribution in [2.45, 2.75) is 51.6 Å². The molecule has 0 aromatic rings. The molecule has 0 aliphatic heterocycles. The molecule has 0 bridgehead atoms. The largest absolute Gasteiger partial charge is 0.393 e. The highest BCUT2D eigenvalue weighted by Gasteiger charge is 2.21. The zero-order valence-electron chi connectivity index (χ0n) is 8.76. The van der Waals surface area contributed by atoms with Crippen LogP contribution in [-0.4, -0.2) is 24.3 Å². The zero-order valence-corrected chi connectivity index (χ0v) is 8.76. The van der Waals surface area contributed by atoms with Crippen molar-refractivity contribution < 1.29 is 5.11 Å². The molecule has 0 amide bonds. The van der Waals surface area contributed by atoms with Gasteiger partial charge in [0.2, 0.25) is 0 Å². The highest BCUT2D eigenvalue weighted by atomic mass is 16.3. The summed E-state index contributed by atoms with van der Waals surface area (Å²) in [7, 11) is 0. The lowest BCUT2D eigenvalue weighted by atomic mass is 9.86. The molecule has 0 unspecified atom stereocenters. The normalized spacial score (nSPS) is 29.1. The van der Waals surface area contributed by atoms with Crippen LogP contribution in [0.2, 0.25) is 0 Å². The molecular weight excluding hydrogens is 162 g/mol. The Morgan fingerprint density at radius 1 is 1.31 bits per heavy atom. The second-order valence-corrected chi connectivity index (χ2v) is 4.17. The molecule has 2 nitrogen and oxygen atoms in total. The van der Waals surface area contributed by atoms with E-state index in [2.05, 4.69) is 12.2 Å². The predicted octanol–water partition coefficient (Wildman–Crippen LogP) is 1.93. The van der Waals surface area contributed by atoms with Crippen LogP contribution < -0.4 is 5.32 Å². The number of nitrogens with one attached hydrogen (secondary N) is 1. The Hall–Kier alpha value is -0.0800. The van der Waals surface area contributed by atoms with Crippen molar-refractivity contribution in [3.63, 3.8) is 0 Å². The molecule has 0 radical (unpaired) electrons. The van der Waals surface area contributed by atoms with Crippen LogP contribution in [0.4, 0.5) is 0 Å². The van der Waals surface area contributed by atoms with Crippen molar-refractivity contribution in [1.29, 1.82) is 0 Å². The van der Waals surface area contributed by atoms with Gasteiger partial charge >= 0.3 is 0 Å². The Bertz CT molecular complexity index is 127. The Balaban J connectivity index is 2.05. The molecule has 13 heavy (non-hydrogen) atoms. The summed E-state index contributed by atoms with van der Waals surface area (Å²) < 4.78 is 0. The number of unbranched alkanes of at least 4 members (excludes halogenated alkanes) is 1. The highest BCUT2D eigenvalue weighted by Crippen LogP contribution is 2.23. The number of aliphatic hydroxyl groups is 1. The molecule has 0 spiro atoms. The quantitative estimate of drug-likeness (QED) is 0.641. The van der Waals surface area contributed by atoms with Crippen LogP contribution in [0.3, 0.4) is 0 Å². The number of hydrogen-bond donors (Lipinski definition) is 2. The molecule has 0 heterocycles. The molecule has 1 fully saturated rings. The van der Waals surface area contributed by atoms with Crippen LogP contribution in [0.5, 0.6) is 0 Å². The minimum absolute atomic E-state index is 0.0390. The van der Waals surface area contributed by atoms with Crippen molar-refractivity contribution in [3.05, 3.63) is 0 Å². The van der Waals surface area contributed by atoms with E-state index < -0.39 is 0 Å². The summed E-state index contributed by atoms with van der Waals surface area (Å²) in [5.74, 6) is 0.519. The maximum Gasteiger partial charge on any atom is 0.0580 e. The molecule has 1 aliphatic carbocycles. The molecule has 0 aromatic heterocycles. The molecule has 2 N–H and O–H groups in total. The van der Waals surface area contributed by atoms with E-state index in [-0.39, 0.29) is 6.10 Å². The van der Waals surface area contributed by atoms with E-state index in [1.54, 1.807) is 0 Å². The number of hydrogen-bond acceptors (Lipinski definition) is 2. The minimum Gasteiger partial charge on any atom is -0.393 e. The Kier molecular flexibility index (Phi) is 5.40. The second-order valence-electron chi connectivity index (χ2n) is 4.17. The van der Waals surface area contributed by atoms with Crippen molar-refractivity contribution >= 4 is 0 Å². The predicted molar refractivity (Wildman–Crippen MR) is 55.7 cm³/mol. The van der Waals surface area contributed by atoms with E-state index in [0.29, 0.717) is 5.92 Å². The van der Waals surface area contributed by atoms with Gasteiger partial charge in [0.1, 0.15) is 0 Å². The average Bonchev–Trinajstić information content (AvgIpc) is 2.15. The van der Waals surface area contributed by atoms with Gasteiger partial charge in [-0.3, -0.25) is 0 Å². The van der Waals surface area contributed by atoms with Crippen LogP contribution in [0.25, 0.3) is 0 Å². The van der Waals surface area contributed by atoms with E-state index in [0.717, 1.165) is 19.5 Å². The molecule has 2 heteroatoms. The first kappa shape index (κ1) is 11.0. The SMILES string of the molecule is CCCCNC[C@@H]1CCCC[C@H]1O. The molecule has 1 aliphatic rings. The van der Waals surface area contributed by atoms with Gasteiger partial charge in [-0.25, -0.2) is 0 Å². The van der Waals surface area contributed by atoms with Crippen LogP contribution in [-0.2, 0) is 0 Å². The van der Waals surface area contributed by atoms with Crippen LogP contribution in [0.1, 0.15) is 45.4 Å². The van der Waals surface area contributed by atoms with Gasteiger partial charge in [-0.2, -0.15) is 0 Å². The van der Waals surface area contributed by atoms with Gasteiger partial charge in [0.15, 0.2) is 0 Å². The third-order valence-corrected chi connectivity index (χ3v) is 2.98. The third-order valence-electron chi connectivity index (χ3n) is 2.98. The fraction of sp³-hybridized carbons (Fsp3) is 1.00. The van der Waals surface area contributed by atoms with E-state index in [9.17, 15) is 5.11 Å². The molecule has 0 aromatic carbocycles. The maximum absolute atomic E-state index is 9.69. The van der Waals surface area contributed by atoms with Gasteiger partial charge < -0.3 is 10.4 Å². The van der Waals surface area contributed by atoms with Crippen LogP contribution in [0, 0.1) is 5.92 Å². The first-order valence-corrected chi connectivity index (χ1v) is 5.73. The van der Waals surface area contributed by atoms with Crippen molar-refractivity contribution in [3.8, 4) is 0 Å². The highest BCUT2D eigenvalue weighted by molar-refractivity contribution is 4.75. The van der Waals surface area contributed by atoms with Crippen molar-refractivity contribution in [2.24, 2.45) is 5.92 Å². The number of rotatable bonds is 5. The zero-order chi connectivity index (χ0) is 9.52. The summed E-state index contributed by atoms with van der Waals surface area (Å²) in [4.78, 5) is 0. The summed E-state index contributed by atoms with van der Waals surface area (Å²) in [6, 6.07) is 0. The lowest BCUT2D eigenvalue weighted by Crippen LogP contribution is -2.34. The van der Waals surface area contributed by atoms with Gasteiger partial charge in [0.25, 0.3) is 0 Å². The average molecular weight is 185 g/mol. The summed E-state index contributed by atoms with van der Waals surface area (Å²) in [6.45, 7) is 4.33. The minimum atomic E-state index is -0.0390. The first-order chi connectivity index (χ1) is 6.34. The monoisotopic (exact) mass is 185 g/mol. The molecule has 2 atom stereocenters. The summed E-state index contributed by atoms with van der Waals surface area (Å²) in [6.07, 6.45) is 7.20.